The van der Waals surface area contributed by atoms with E-state index in [1.165, 1.54) is 0 Å². The highest BCUT2D eigenvalue weighted by atomic mass is 16.5. The summed E-state index contributed by atoms with van der Waals surface area (Å²) in [5, 5.41) is 0. The molecule has 0 fully saturated rings. The smallest absolute Gasteiger partial charge is 0.163 e. The normalized spacial score (nSPS) is 10.6. The summed E-state index contributed by atoms with van der Waals surface area (Å²) in [6, 6.07) is 5.99. The van der Waals surface area contributed by atoms with Gasteiger partial charge in [0, 0.05) is 12.0 Å². The summed E-state index contributed by atoms with van der Waals surface area (Å²) in [6.45, 7) is 4.50. The molecule has 5 nitrogen and oxygen atoms in total. The Balaban J connectivity index is 2.45. The lowest BCUT2D eigenvalue weighted by Crippen LogP contribution is -2.09. The second-order valence-corrected chi connectivity index (χ2v) is 4.54. The summed E-state index contributed by atoms with van der Waals surface area (Å²) in [7, 11) is 1.68. The van der Waals surface area contributed by atoms with Crippen molar-refractivity contribution < 1.29 is 4.74 Å². The van der Waals surface area contributed by atoms with Crippen LogP contribution >= 0.6 is 0 Å². The van der Waals surface area contributed by atoms with Gasteiger partial charge in [0.25, 0.3) is 0 Å². The summed E-state index contributed by atoms with van der Waals surface area (Å²) in [5.74, 6) is 3.04. The van der Waals surface area contributed by atoms with Crippen LogP contribution in [0.3, 0.4) is 0 Å². The molecule has 1 aromatic heterocycles. The topological polar surface area (TPSA) is 73.9 Å². The summed E-state index contributed by atoms with van der Waals surface area (Å²) in [6.07, 6.45) is 1.56. The van der Waals surface area contributed by atoms with E-state index in [4.69, 9.17) is 10.5 Å². The van der Waals surface area contributed by atoms with Crippen LogP contribution in [0.4, 0.5) is 0 Å². The van der Waals surface area contributed by atoms with Crippen molar-refractivity contribution in [1.29, 1.82) is 0 Å². The molecule has 2 rings (SSSR count). The Morgan fingerprint density at radius 3 is 2.65 bits per heavy atom. The molecule has 1 heterocycles. The lowest BCUT2D eigenvalue weighted by atomic mass is 10.1. The number of benzene rings is 1. The first-order valence-electron chi connectivity index (χ1n) is 6.76. The Labute approximate surface area is 119 Å². The summed E-state index contributed by atoms with van der Waals surface area (Å²) in [5.41, 5.74) is 7.69. The van der Waals surface area contributed by atoms with Gasteiger partial charge in [-0.15, -0.1) is 0 Å². The van der Waals surface area contributed by atoms with Crippen LogP contribution in [0.25, 0.3) is 11.4 Å². The minimum atomic E-state index is 0.533. The minimum absolute atomic E-state index is 0.533. The van der Waals surface area contributed by atoms with Crippen molar-refractivity contribution in [3.05, 3.63) is 35.4 Å². The molecule has 0 bridgehead atoms. The molecule has 0 aliphatic rings. The predicted octanol–water partition coefficient (Wildman–Crippen LogP) is 1.92. The highest BCUT2D eigenvalue weighted by molar-refractivity contribution is 5.58. The van der Waals surface area contributed by atoms with E-state index >= 15 is 0 Å². The third kappa shape index (κ3) is 3.11. The molecule has 106 valence electrons. The molecule has 0 unspecified atom stereocenters. The Kier molecular flexibility index (Phi) is 4.63. The van der Waals surface area contributed by atoms with Gasteiger partial charge in [0.1, 0.15) is 17.4 Å². The number of hydrogen-bond donors (Lipinski definition) is 1. The van der Waals surface area contributed by atoms with E-state index in [1.807, 2.05) is 19.1 Å². The van der Waals surface area contributed by atoms with Crippen molar-refractivity contribution in [3.63, 3.8) is 0 Å². The molecule has 0 saturated heterocycles. The van der Waals surface area contributed by atoms with E-state index in [0.717, 1.165) is 29.1 Å². The van der Waals surface area contributed by atoms with Crippen molar-refractivity contribution in [2.24, 2.45) is 5.73 Å². The molecule has 1 aromatic carbocycles. The average Bonchev–Trinajstić information content (AvgIpc) is 2.46. The SMILES string of the molecule is CCc1cc(-c2nc(C)nc(CCN)n2)ccc1OC. The molecule has 0 spiro atoms. The van der Waals surface area contributed by atoms with Gasteiger partial charge in [-0.2, -0.15) is 0 Å². The van der Waals surface area contributed by atoms with Gasteiger partial charge in [-0.1, -0.05) is 6.92 Å². The predicted molar refractivity (Wildman–Crippen MR) is 78.7 cm³/mol. The molecule has 0 amide bonds. The maximum Gasteiger partial charge on any atom is 0.163 e. The van der Waals surface area contributed by atoms with Crippen LogP contribution in [-0.4, -0.2) is 28.6 Å². The fourth-order valence-electron chi connectivity index (χ4n) is 2.10. The third-order valence-electron chi connectivity index (χ3n) is 3.08. The van der Waals surface area contributed by atoms with E-state index < -0.39 is 0 Å². The highest BCUT2D eigenvalue weighted by Gasteiger charge is 2.09. The standard InChI is InChI=1S/C15H20N4O/c1-4-11-9-12(5-6-13(11)20-3)15-18-10(2)17-14(19-15)7-8-16/h5-6,9H,4,7-8,16H2,1-3H3. The minimum Gasteiger partial charge on any atom is -0.496 e. The maximum atomic E-state index is 5.57. The van der Waals surface area contributed by atoms with Crippen LogP contribution in [0.1, 0.15) is 24.1 Å². The first-order chi connectivity index (χ1) is 9.67. The molecule has 0 aliphatic carbocycles. The van der Waals surface area contributed by atoms with Crippen LogP contribution in [0, 0.1) is 6.92 Å². The number of rotatable bonds is 5. The first kappa shape index (κ1) is 14.4. The quantitative estimate of drug-likeness (QED) is 0.900. The third-order valence-corrected chi connectivity index (χ3v) is 3.08. The number of aromatic nitrogens is 3. The fourth-order valence-corrected chi connectivity index (χ4v) is 2.10. The van der Waals surface area contributed by atoms with E-state index in [-0.39, 0.29) is 0 Å². The molecule has 0 aliphatic heterocycles. The van der Waals surface area contributed by atoms with Crippen LogP contribution in [0.15, 0.2) is 18.2 Å². The zero-order chi connectivity index (χ0) is 14.5. The van der Waals surface area contributed by atoms with Crippen molar-refractivity contribution in [2.75, 3.05) is 13.7 Å². The van der Waals surface area contributed by atoms with Gasteiger partial charge in [-0.25, -0.2) is 15.0 Å². The van der Waals surface area contributed by atoms with Crippen LogP contribution in [-0.2, 0) is 12.8 Å². The van der Waals surface area contributed by atoms with Crippen molar-refractivity contribution in [2.45, 2.75) is 26.7 Å². The van der Waals surface area contributed by atoms with Gasteiger partial charge in [-0.05, 0) is 43.7 Å². The lowest BCUT2D eigenvalue weighted by Gasteiger charge is -2.09. The Hall–Kier alpha value is -2.01. The summed E-state index contributed by atoms with van der Waals surface area (Å²) < 4.78 is 5.34. The first-order valence-corrected chi connectivity index (χ1v) is 6.76. The molecule has 2 N–H and O–H groups in total. The van der Waals surface area contributed by atoms with Crippen molar-refractivity contribution in [3.8, 4) is 17.1 Å². The van der Waals surface area contributed by atoms with Gasteiger partial charge in [0.2, 0.25) is 0 Å². The lowest BCUT2D eigenvalue weighted by molar-refractivity contribution is 0.410. The molecule has 20 heavy (non-hydrogen) atoms. The molecule has 0 atom stereocenters. The number of nitrogens with two attached hydrogens (primary N) is 1. The fraction of sp³-hybridized carbons (Fsp3) is 0.400. The van der Waals surface area contributed by atoms with Gasteiger partial charge in [0.15, 0.2) is 5.82 Å². The average molecular weight is 272 g/mol. The van der Waals surface area contributed by atoms with Crippen LogP contribution in [0.2, 0.25) is 0 Å². The van der Waals surface area contributed by atoms with Crippen molar-refractivity contribution in [1.82, 2.24) is 15.0 Å². The molecule has 0 saturated carbocycles. The van der Waals surface area contributed by atoms with Gasteiger partial charge < -0.3 is 10.5 Å². The van der Waals surface area contributed by atoms with Crippen LogP contribution < -0.4 is 10.5 Å². The summed E-state index contributed by atoms with van der Waals surface area (Å²) >= 11 is 0. The van der Waals surface area contributed by atoms with Gasteiger partial charge in [0.05, 0.1) is 7.11 Å². The number of hydrogen-bond acceptors (Lipinski definition) is 5. The Morgan fingerprint density at radius 1 is 1.20 bits per heavy atom. The number of nitrogens with zero attached hydrogens (tertiary/aromatic N) is 3. The van der Waals surface area contributed by atoms with Crippen LogP contribution in [0.5, 0.6) is 5.75 Å². The highest BCUT2D eigenvalue weighted by Crippen LogP contribution is 2.25. The zero-order valence-electron chi connectivity index (χ0n) is 12.2. The van der Waals surface area contributed by atoms with Gasteiger partial charge in [-0.3, -0.25) is 0 Å². The number of ether oxygens (including phenoxy) is 1. The van der Waals surface area contributed by atoms with E-state index in [9.17, 15) is 0 Å². The molecular formula is C15H20N4O. The molecule has 2 aromatic rings. The zero-order valence-corrected chi connectivity index (χ0v) is 12.2. The van der Waals surface area contributed by atoms with E-state index in [1.54, 1.807) is 7.11 Å². The van der Waals surface area contributed by atoms with E-state index in [2.05, 4.69) is 27.9 Å². The van der Waals surface area contributed by atoms with E-state index in [0.29, 0.717) is 24.6 Å². The van der Waals surface area contributed by atoms with Crippen molar-refractivity contribution >= 4 is 0 Å². The maximum absolute atomic E-state index is 5.57. The monoisotopic (exact) mass is 272 g/mol. The Bertz CT molecular complexity index is 598. The second kappa shape index (κ2) is 6.43. The van der Waals surface area contributed by atoms with Gasteiger partial charge >= 0.3 is 0 Å². The summed E-state index contributed by atoms with van der Waals surface area (Å²) in [4.78, 5) is 13.2. The number of methoxy groups -OCH3 is 1. The molecule has 0 radical (unpaired) electrons. The molecular weight excluding hydrogens is 252 g/mol. The molecule has 5 heteroatoms. The number of aryl methyl sites for hydroxylation is 2. The Morgan fingerprint density at radius 2 is 2.00 bits per heavy atom. The largest absolute Gasteiger partial charge is 0.496 e. The second-order valence-electron chi connectivity index (χ2n) is 4.54.